The van der Waals surface area contributed by atoms with Crippen molar-refractivity contribution in [1.82, 2.24) is 5.32 Å². The monoisotopic (exact) mass is 681 g/mol. The van der Waals surface area contributed by atoms with E-state index in [1.807, 2.05) is 0 Å². The number of rotatable bonds is 38. The van der Waals surface area contributed by atoms with Crippen molar-refractivity contribution in [2.75, 3.05) is 6.54 Å². The van der Waals surface area contributed by atoms with Gasteiger partial charge in [-0.25, -0.2) is 4.79 Å². The molecule has 0 aromatic carbocycles. The van der Waals surface area contributed by atoms with Gasteiger partial charge in [-0.1, -0.05) is 162 Å². The third kappa shape index (κ3) is 32.9. The van der Waals surface area contributed by atoms with Crippen LogP contribution in [0, 0.1) is 0 Å². The maximum atomic E-state index is 12.7. The van der Waals surface area contributed by atoms with E-state index in [4.69, 9.17) is 10.5 Å². The average molecular weight is 681 g/mol. The minimum atomic E-state index is -1.00. The zero-order chi connectivity index (χ0) is 35.3. The molecule has 7 heteroatoms. The van der Waals surface area contributed by atoms with Crippen molar-refractivity contribution in [3.8, 4) is 0 Å². The van der Waals surface area contributed by atoms with Crippen LogP contribution in [0.25, 0.3) is 0 Å². The van der Waals surface area contributed by atoms with Gasteiger partial charge in [-0.15, -0.1) is 0 Å². The van der Waals surface area contributed by atoms with Crippen molar-refractivity contribution >= 4 is 17.8 Å². The van der Waals surface area contributed by atoms with Gasteiger partial charge in [-0.3, -0.25) is 9.59 Å². The van der Waals surface area contributed by atoms with Gasteiger partial charge in [0.1, 0.15) is 12.1 Å². The lowest BCUT2D eigenvalue weighted by molar-refractivity contribution is -0.150. The van der Waals surface area contributed by atoms with Gasteiger partial charge in [0.25, 0.3) is 0 Å². The second kappa shape index (κ2) is 36.6. The third-order valence-corrected chi connectivity index (χ3v) is 9.67. The number of hydrogen-bond donors (Lipinski definition) is 3. The van der Waals surface area contributed by atoms with Gasteiger partial charge in [0.15, 0.2) is 0 Å². The second-order valence-electron chi connectivity index (χ2n) is 14.4. The van der Waals surface area contributed by atoms with Crippen LogP contribution in [0.4, 0.5) is 0 Å². The molecule has 0 bridgehead atoms. The Morgan fingerprint density at radius 2 is 0.896 bits per heavy atom. The molecule has 0 fully saturated rings. The Morgan fingerprint density at radius 3 is 1.29 bits per heavy atom. The van der Waals surface area contributed by atoms with Gasteiger partial charge < -0.3 is 20.9 Å². The summed E-state index contributed by atoms with van der Waals surface area (Å²) in [6, 6.07) is -0.851. The van der Waals surface area contributed by atoms with Crippen molar-refractivity contribution in [2.45, 2.75) is 238 Å². The van der Waals surface area contributed by atoms with Crippen LogP contribution < -0.4 is 11.1 Å². The Kier molecular flexibility index (Phi) is 35.4. The Bertz CT molecular complexity index is 732. The van der Waals surface area contributed by atoms with E-state index in [-0.39, 0.29) is 18.0 Å². The number of nitrogens with one attached hydrogen (secondary N) is 1. The predicted octanol–water partition coefficient (Wildman–Crippen LogP) is 11.3. The number of carbonyl (C=O) groups is 3. The molecule has 0 saturated heterocycles. The van der Waals surface area contributed by atoms with Crippen molar-refractivity contribution in [3.05, 3.63) is 0 Å². The first-order valence-corrected chi connectivity index (χ1v) is 20.9. The van der Waals surface area contributed by atoms with Crippen LogP contribution in [0.1, 0.15) is 226 Å². The third-order valence-electron chi connectivity index (χ3n) is 9.67. The maximum absolute atomic E-state index is 12.7. The zero-order valence-corrected chi connectivity index (χ0v) is 31.9. The molecule has 0 aliphatic heterocycles. The summed E-state index contributed by atoms with van der Waals surface area (Å²) in [5, 5.41) is 11.9. The van der Waals surface area contributed by atoms with Crippen LogP contribution in [0.15, 0.2) is 0 Å². The van der Waals surface area contributed by atoms with Crippen molar-refractivity contribution in [1.29, 1.82) is 0 Å². The molecule has 4 N–H and O–H groups in total. The number of carbonyl (C=O) groups excluding carboxylic acids is 2. The smallest absolute Gasteiger partial charge is 0.326 e. The lowest BCUT2D eigenvalue weighted by atomic mass is 10.0. The molecule has 48 heavy (non-hydrogen) atoms. The van der Waals surface area contributed by atoms with E-state index >= 15 is 0 Å². The fraction of sp³-hybridized carbons (Fsp3) is 0.927. The summed E-state index contributed by atoms with van der Waals surface area (Å²) in [4.78, 5) is 36.2. The molecule has 0 radical (unpaired) electrons. The van der Waals surface area contributed by atoms with E-state index in [1.54, 1.807) is 0 Å². The number of carboxylic acids is 1. The fourth-order valence-electron chi connectivity index (χ4n) is 6.51. The molecular weight excluding hydrogens is 600 g/mol. The molecule has 7 nitrogen and oxygen atoms in total. The van der Waals surface area contributed by atoms with Crippen LogP contribution in [-0.2, 0) is 19.1 Å². The number of nitrogens with two attached hydrogens (primary N) is 1. The van der Waals surface area contributed by atoms with E-state index in [9.17, 15) is 19.5 Å². The Balaban J connectivity index is 4.07. The van der Waals surface area contributed by atoms with E-state index < -0.39 is 12.0 Å². The van der Waals surface area contributed by atoms with Crippen LogP contribution >= 0.6 is 0 Å². The summed E-state index contributed by atoms with van der Waals surface area (Å²) >= 11 is 0. The topological polar surface area (TPSA) is 119 Å². The molecular formula is C41H80N2O5. The molecule has 2 unspecified atom stereocenters. The molecule has 0 rings (SSSR count). The molecule has 0 aliphatic rings. The van der Waals surface area contributed by atoms with Gasteiger partial charge >= 0.3 is 11.9 Å². The second-order valence-corrected chi connectivity index (χ2v) is 14.4. The van der Waals surface area contributed by atoms with Crippen LogP contribution in [-0.4, -0.2) is 41.6 Å². The van der Waals surface area contributed by atoms with Gasteiger partial charge in [0, 0.05) is 12.8 Å². The number of ether oxygens (including phenoxy) is 1. The van der Waals surface area contributed by atoms with E-state index in [0.717, 1.165) is 64.2 Å². The summed E-state index contributed by atoms with van der Waals surface area (Å²) in [7, 11) is 0. The lowest BCUT2D eigenvalue weighted by Crippen LogP contribution is -2.40. The SMILES string of the molecule is CCCCCCCCCCCCCCCCCCC(=O)OC(CCCCCCCC)CCCCCCCC(=O)NC(CCCN)C(=O)O. The maximum Gasteiger partial charge on any atom is 0.326 e. The number of aliphatic carboxylic acids is 1. The number of amides is 1. The summed E-state index contributed by atoms with van der Waals surface area (Å²) in [6.07, 6.45) is 37.3. The molecule has 0 spiro atoms. The first-order valence-electron chi connectivity index (χ1n) is 20.9. The predicted molar refractivity (Wildman–Crippen MR) is 202 cm³/mol. The van der Waals surface area contributed by atoms with Gasteiger partial charge in [-0.2, -0.15) is 0 Å². The lowest BCUT2D eigenvalue weighted by Gasteiger charge is -2.18. The summed E-state index contributed by atoms with van der Waals surface area (Å²) in [6.45, 7) is 4.93. The van der Waals surface area contributed by atoms with Gasteiger partial charge in [0.05, 0.1) is 0 Å². The molecule has 2 atom stereocenters. The van der Waals surface area contributed by atoms with Crippen molar-refractivity contribution in [3.63, 3.8) is 0 Å². The number of esters is 1. The summed E-state index contributed by atoms with van der Waals surface area (Å²) in [5.41, 5.74) is 5.47. The Labute approximate surface area is 297 Å². The van der Waals surface area contributed by atoms with Gasteiger partial charge in [0.2, 0.25) is 5.91 Å². The first-order chi connectivity index (χ1) is 23.4. The molecule has 0 aromatic heterocycles. The van der Waals surface area contributed by atoms with Crippen LogP contribution in [0.2, 0.25) is 0 Å². The minimum absolute atomic E-state index is 0.0199. The van der Waals surface area contributed by atoms with Crippen LogP contribution in [0.5, 0.6) is 0 Å². The van der Waals surface area contributed by atoms with E-state index in [1.165, 1.54) is 122 Å². The highest BCUT2D eigenvalue weighted by molar-refractivity contribution is 5.83. The molecule has 0 aliphatic carbocycles. The normalized spacial score (nSPS) is 12.6. The molecule has 1 amide bonds. The largest absolute Gasteiger partial charge is 0.480 e. The number of unbranched alkanes of at least 4 members (excludes halogenated alkanes) is 24. The summed E-state index contributed by atoms with van der Waals surface area (Å²) < 4.78 is 6.00. The highest BCUT2D eigenvalue weighted by atomic mass is 16.5. The fourth-order valence-corrected chi connectivity index (χ4v) is 6.51. The highest BCUT2D eigenvalue weighted by Gasteiger charge is 2.19. The minimum Gasteiger partial charge on any atom is -0.480 e. The standard InChI is InChI=1S/C41H80N2O5/c1-3-5-7-9-11-12-13-14-15-16-17-18-19-20-25-29-35-40(45)48-37(31-26-22-10-8-6-4-2)32-27-23-21-24-28-34-39(44)43-38(41(46)47)33-30-36-42/h37-38H,3-36,42H2,1-2H3,(H,43,44)(H,46,47). The van der Waals surface area contributed by atoms with Gasteiger partial charge in [-0.05, 0) is 57.9 Å². The van der Waals surface area contributed by atoms with Crippen LogP contribution in [0.3, 0.4) is 0 Å². The summed E-state index contributed by atoms with van der Waals surface area (Å²) in [5.74, 6) is -1.22. The zero-order valence-electron chi connectivity index (χ0n) is 31.9. The van der Waals surface area contributed by atoms with E-state index in [0.29, 0.717) is 32.2 Å². The number of carboxylic acid groups (broad SMARTS) is 1. The molecule has 0 heterocycles. The molecule has 0 saturated carbocycles. The Morgan fingerprint density at radius 1 is 0.521 bits per heavy atom. The Hall–Kier alpha value is -1.63. The molecule has 0 aromatic rings. The van der Waals surface area contributed by atoms with Crippen molar-refractivity contribution < 1.29 is 24.2 Å². The van der Waals surface area contributed by atoms with Crippen molar-refractivity contribution in [2.24, 2.45) is 5.73 Å². The quantitative estimate of drug-likeness (QED) is 0.0441. The average Bonchev–Trinajstić information content (AvgIpc) is 3.07. The molecule has 284 valence electrons. The first kappa shape index (κ1) is 46.4. The van der Waals surface area contributed by atoms with E-state index in [2.05, 4.69) is 19.2 Å². The number of hydrogen-bond acceptors (Lipinski definition) is 5. The highest BCUT2D eigenvalue weighted by Crippen LogP contribution is 2.19.